The van der Waals surface area contributed by atoms with Gasteiger partial charge in [0.2, 0.25) is 5.91 Å². The highest BCUT2D eigenvalue weighted by Crippen LogP contribution is 2.13. The quantitative estimate of drug-likeness (QED) is 0.871. The molecule has 1 amide bonds. The van der Waals surface area contributed by atoms with E-state index in [1.54, 1.807) is 0 Å². The molecular weight excluding hydrogens is 272 g/mol. The molecule has 1 aromatic heterocycles. The number of aromatic nitrogens is 1. The Kier molecular flexibility index (Phi) is 5.67. The molecule has 1 fully saturated rings. The number of nitrogens with zero attached hydrogens (tertiary/aromatic N) is 3. The summed E-state index contributed by atoms with van der Waals surface area (Å²) in [5, 5.41) is 2.88. The summed E-state index contributed by atoms with van der Waals surface area (Å²) in [6.45, 7) is 4.75. The number of likely N-dealkylation sites (N-methyl/N-ethyl adjacent to an activating group) is 1. The molecule has 0 aliphatic carbocycles. The van der Waals surface area contributed by atoms with Gasteiger partial charge < -0.3 is 15.1 Å². The number of thioether (sulfide) groups is 1. The van der Waals surface area contributed by atoms with Gasteiger partial charge in [-0.3, -0.25) is 4.79 Å². The van der Waals surface area contributed by atoms with Gasteiger partial charge in [0.25, 0.3) is 0 Å². The van der Waals surface area contributed by atoms with Gasteiger partial charge in [0, 0.05) is 38.9 Å². The molecular formula is C14H22N4OS. The minimum Gasteiger partial charge on any atom is -0.354 e. The Labute approximate surface area is 124 Å². The van der Waals surface area contributed by atoms with Crippen molar-refractivity contribution < 1.29 is 4.79 Å². The van der Waals surface area contributed by atoms with E-state index in [2.05, 4.69) is 27.1 Å². The maximum Gasteiger partial charge on any atom is 0.230 e. The molecule has 20 heavy (non-hydrogen) atoms. The van der Waals surface area contributed by atoms with Crippen molar-refractivity contribution in [3.8, 4) is 0 Å². The maximum absolute atomic E-state index is 11.4. The average molecular weight is 294 g/mol. The highest BCUT2D eigenvalue weighted by molar-refractivity contribution is 7.99. The highest BCUT2D eigenvalue weighted by atomic mass is 32.2. The predicted octanol–water partition coefficient (Wildman–Crippen LogP) is 0.813. The molecule has 1 saturated heterocycles. The van der Waals surface area contributed by atoms with Crippen LogP contribution in [0.1, 0.15) is 5.56 Å². The number of pyridine rings is 1. The Hall–Kier alpha value is -1.27. The number of carbonyl (C=O) groups is 1. The van der Waals surface area contributed by atoms with Crippen LogP contribution >= 0.6 is 11.8 Å². The first-order valence-electron chi connectivity index (χ1n) is 6.83. The molecule has 110 valence electrons. The summed E-state index contributed by atoms with van der Waals surface area (Å²) in [5.74, 6) is 1.60. The van der Waals surface area contributed by atoms with E-state index in [0.717, 1.165) is 37.6 Å². The Morgan fingerprint density at radius 1 is 1.35 bits per heavy atom. The van der Waals surface area contributed by atoms with E-state index in [9.17, 15) is 4.79 Å². The molecule has 1 aromatic rings. The first kappa shape index (κ1) is 15.1. The van der Waals surface area contributed by atoms with Crippen molar-refractivity contribution in [2.24, 2.45) is 0 Å². The molecule has 1 N–H and O–H groups in total. The summed E-state index contributed by atoms with van der Waals surface area (Å²) in [6.07, 6.45) is 3.78. The van der Waals surface area contributed by atoms with Crippen LogP contribution in [0.25, 0.3) is 0 Å². The molecule has 6 heteroatoms. The van der Waals surface area contributed by atoms with Crippen molar-refractivity contribution in [2.45, 2.75) is 6.54 Å². The van der Waals surface area contributed by atoms with Gasteiger partial charge in [-0.05, 0) is 24.9 Å². The lowest BCUT2D eigenvalue weighted by molar-refractivity contribution is -0.118. The van der Waals surface area contributed by atoms with E-state index >= 15 is 0 Å². The molecule has 2 heterocycles. The van der Waals surface area contributed by atoms with Gasteiger partial charge in [0.1, 0.15) is 5.82 Å². The third kappa shape index (κ3) is 4.38. The van der Waals surface area contributed by atoms with Crippen molar-refractivity contribution in [2.75, 3.05) is 50.1 Å². The number of amides is 1. The monoisotopic (exact) mass is 294 g/mol. The summed E-state index contributed by atoms with van der Waals surface area (Å²) in [4.78, 5) is 20.5. The number of nitrogens with one attached hydrogen (secondary N) is 1. The van der Waals surface area contributed by atoms with Crippen LogP contribution in [0.3, 0.4) is 0 Å². The third-order valence-electron chi connectivity index (χ3n) is 3.40. The van der Waals surface area contributed by atoms with Gasteiger partial charge >= 0.3 is 0 Å². The molecule has 2 rings (SSSR count). The first-order chi connectivity index (χ1) is 9.69. The SMILES string of the molecule is CSCC(=O)NCc1ccc(N2CCN(C)CC2)nc1. The lowest BCUT2D eigenvalue weighted by Gasteiger charge is -2.33. The lowest BCUT2D eigenvalue weighted by atomic mass is 10.2. The van der Waals surface area contributed by atoms with E-state index in [0.29, 0.717) is 12.3 Å². The van der Waals surface area contributed by atoms with Crippen molar-refractivity contribution in [3.05, 3.63) is 23.9 Å². The van der Waals surface area contributed by atoms with Crippen LogP contribution in [0.15, 0.2) is 18.3 Å². The Morgan fingerprint density at radius 3 is 2.70 bits per heavy atom. The summed E-state index contributed by atoms with van der Waals surface area (Å²) in [7, 11) is 2.14. The van der Waals surface area contributed by atoms with Gasteiger partial charge in [-0.15, -0.1) is 0 Å². The molecule has 1 aliphatic rings. The van der Waals surface area contributed by atoms with E-state index in [-0.39, 0.29) is 5.91 Å². The summed E-state index contributed by atoms with van der Waals surface area (Å²) in [6, 6.07) is 4.08. The zero-order valence-electron chi connectivity index (χ0n) is 12.1. The summed E-state index contributed by atoms with van der Waals surface area (Å²) >= 11 is 1.53. The van der Waals surface area contributed by atoms with Crippen LogP contribution in [-0.4, -0.2) is 61.0 Å². The number of hydrogen-bond donors (Lipinski definition) is 1. The standard InChI is InChI=1S/C14H22N4OS/c1-17-5-7-18(8-6-17)13-4-3-12(9-15-13)10-16-14(19)11-20-2/h3-4,9H,5-8,10-11H2,1-2H3,(H,16,19). The molecule has 0 bridgehead atoms. The van der Waals surface area contributed by atoms with Gasteiger partial charge in [-0.1, -0.05) is 6.07 Å². The van der Waals surface area contributed by atoms with Crippen LogP contribution < -0.4 is 10.2 Å². The molecule has 0 unspecified atom stereocenters. The number of anilines is 1. The third-order valence-corrected chi connectivity index (χ3v) is 3.95. The molecule has 0 spiro atoms. The van der Waals surface area contributed by atoms with Crippen molar-refractivity contribution >= 4 is 23.5 Å². The second kappa shape index (κ2) is 7.50. The van der Waals surface area contributed by atoms with Gasteiger partial charge in [-0.25, -0.2) is 4.98 Å². The molecule has 0 radical (unpaired) electrons. The number of piperazine rings is 1. The van der Waals surface area contributed by atoms with Crippen molar-refractivity contribution in [3.63, 3.8) is 0 Å². The lowest BCUT2D eigenvalue weighted by Crippen LogP contribution is -2.44. The smallest absolute Gasteiger partial charge is 0.230 e. The minimum atomic E-state index is 0.0700. The normalized spacial score (nSPS) is 16.2. The molecule has 5 nitrogen and oxygen atoms in total. The van der Waals surface area contributed by atoms with Crippen LogP contribution in [0.2, 0.25) is 0 Å². The number of carbonyl (C=O) groups excluding carboxylic acids is 1. The largest absolute Gasteiger partial charge is 0.354 e. The Balaban J connectivity index is 1.85. The minimum absolute atomic E-state index is 0.0700. The molecule has 1 aliphatic heterocycles. The fourth-order valence-electron chi connectivity index (χ4n) is 2.13. The summed E-state index contributed by atoms with van der Waals surface area (Å²) in [5.41, 5.74) is 1.04. The van der Waals surface area contributed by atoms with Crippen LogP contribution in [-0.2, 0) is 11.3 Å². The van der Waals surface area contributed by atoms with Crippen molar-refractivity contribution in [1.29, 1.82) is 0 Å². The molecule has 0 atom stereocenters. The molecule has 0 saturated carbocycles. The number of hydrogen-bond acceptors (Lipinski definition) is 5. The zero-order valence-corrected chi connectivity index (χ0v) is 12.9. The van der Waals surface area contributed by atoms with E-state index < -0.39 is 0 Å². The first-order valence-corrected chi connectivity index (χ1v) is 8.22. The highest BCUT2D eigenvalue weighted by Gasteiger charge is 2.14. The Morgan fingerprint density at radius 2 is 2.10 bits per heavy atom. The fourth-order valence-corrected chi connectivity index (χ4v) is 2.49. The average Bonchev–Trinajstić information content (AvgIpc) is 2.47. The van der Waals surface area contributed by atoms with Gasteiger partial charge in [-0.2, -0.15) is 11.8 Å². The fraction of sp³-hybridized carbons (Fsp3) is 0.571. The van der Waals surface area contributed by atoms with E-state index in [4.69, 9.17) is 0 Å². The van der Waals surface area contributed by atoms with Crippen LogP contribution in [0.5, 0.6) is 0 Å². The van der Waals surface area contributed by atoms with Gasteiger partial charge in [0.15, 0.2) is 0 Å². The summed E-state index contributed by atoms with van der Waals surface area (Å²) < 4.78 is 0. The Bertz CT molecular complexity index is 429. The van der Waals surface area contributed by atoms with E-state index in [1.807, 2.05) is 24.6 Å². The van der Waals surface area contributed by atoms with Gasteiger partial charge in [0.05, 0.1) is 5.75 Å². The second-order valence-electron chi connectivity index (χ2n) is 5.02. The maximum atomic E-state index is 11.4. The van der Waals surface area contributed by atoms with Crippen molar-refractivity contribution in [1.82, 2.24) is 15.2 Å². The molecule has 0 aromatic carbocycles. The zero-order chi connectivity index (χ0) is 14.4. The van der Waals surface area contributed by atoms with Crippen LogP contribution in [0, 0.1) is 0 Å². The second-order valence-corrected chi connectivity index (χ2v) is 5.89. The topological polar surface area (TPSA) is 48.5 Å². The van der Waals surface area contributed by atoms with E-state index in [1.165, 1.54) is 11.8 Å². The number of rotatable bonds is 5. The van der Waals surface area contributed by atoms with Crippen LogP contribution in [0.4, 0.5) is 5.82 Å². The predicted molar refractivity (Wildman–Crippen MR) is 84.2 cm³/mol.